The lowest BCUT2D eigenvalue weighted by atomic mass is 9.98. The van der Waals surface area contributed by atoms with Crippen molar-refractivity contribution in [2.45, 2.75) is 36.3 Å². The Balaban J connectivity index is 2.78. The first-order chi connectivity index (χ1) is 6.94. The second kappa shape index (κ2) is 4.99. The number of thiazole rings is 1. The van der Waals surface area contributed by atoms with Crippen LogP contribution in [0.4, 0.5) is 0 Å². The van der Waals surface area contributed by atoms with E-state index in [2.05, 4.69) is 4.98 Å². The minimum Gasteiger partial charge on any atom is -0.480 e. The summed E-state index contributed by atoms with van der Waals surface area (Å²) in [4.78, 5) is 15.3. The lowest BCUT2D eigenvalue weighted by Crippen LogP contribution is -2.32. The van der Waals surface area contributed by atoms with E-state index in [1.54, 1.807) is 13.1 Å². The number of carbonyl (C=O) groups is 1. The van der Waals surface area contributed by atoms with Gasteiger partial charge in [0, 0.05) is 11.6 Å². The van der Waals surface area contributed by atoms with Crippen LogP contribution in [0.15, 0.2) is 15.9 Å². The van der Waals surface area contributed by atoms with Gasteiger partial charge in [0.15, 0.2) is 4.34 Å². The summed E-state index contributed by atoms with van der Waals surface area (Å²) in [5.74, 6) is -0.407. The zero-order valence-corrected chi connectivity index (χ0v) is 10.7. The van der Waals surface area contributed by atoms with Gasteiger partial charge in [-0.05, 0) is 19.3 Å². The molecule has 0 aliphatic carbocycles. The summed E-state index contributed by atoms with van der Waals surface area (Å²) in [7, 11) is 0. The molecule has 1 aromatic heterocycles. The van der Waals surface area contributed by atoms with Gasteiger partial charge in [0.1, 0.15) is 4.75 Å². The zero-order valence-electron chi connectivity index (χ0n) is 9.06. The molecule has 0 radical (unpaired) electrons. The van der Waals surface area contributed by atoms with E-state index in [0.29, 0.717) is 12.3 Å². The molecule has 1 heterocycles. The molecule has 1 rings (SSSR count). The van der Waals surface area contributed by atoms with E-state index < -0.39 is 10.7 Å². The van der Waals surface area contributed by atoms with Crippen molar-refractivity contribution in [1.29, 1.82) is 0 Å². The van der Waals surface area contributed by atoms with Gasteiger partial charge in [-0.15, -0.1) is 11.3 Å². The molecule has 3 nitrogen and oxygen atoms in total. The van der Waals surface area contributed by atoms with Gasteiger partial charge in [0.25, 0.3) is 0 Å². The standard InChI is InChI=1S/C10H15NO2S2/c1-7(2)6-10(3,8(12)13)15-9-11-4-5-14-9/h4-5,7H,6H2,1-3H3,(H,12,13). The molecule has 0 saturated heterocycles. The number of hydrogen-bond acceptors (Lipinski definition) is 4. The Morgan fingerprint density at radius 2 is 2.40 bits per heavy atom. The smallest absolute Gasteiger partial charge is 0.319 e. The molecule has 0 bridgehead atoms. The minimum absolute atomic E-state index is 0.360. The molecule has 5 heteroatoms. The van der Waals surface area contributed by atoms with Crippen LogP contribution in [-0.2, 0) is 4.79 Å². The van der Waals surface area contributed by atoms with Crippen LogP contribution >= 0.6 is 23.1 Å². The predicted octanol–water partition coefficient (Wildman–Crippen LogP) is 3.12. The van der Waals surface area contributed by atoms with Crippen LogP contribution in [0.1, 0.15) is 27.2 Å². The van der Waals surface area contributed by atoms with Crippen molar-refractivity contribution in [3.05, 3.63) is 11.6 Å². The van der Waals surface area contributed by atoms with E-state index in [1.807, 2.05) is 19.2 Å². The zero-order chi connectivity index (χ0) is 11.5. The lowest BCUT2D eigenvalue weighted by molar-refractivity contribution is -0.139. The molecule has 0 saturated carbocycles. The molecule has 0 aromatic carbocycles. The monoisotopic (exact) mass is 245 g/mol. The van der Waals surface area contributed by atoms with Crippen LogP contribution in [0, 0.1) is 5.92 Å². The van der Waals surface area contributed by atoms with Crippen molar-refractivity contribution in [2.24, 2.45) is 5.92 Å². The number of aliphatic carboxylic acids is 1. The minimum atomic E-state index is -0.772. The summed E-state index contributed by atoms with van der Waals surface area (Å²) < 4.78 is 0.0481. The van der Waals surface area contributed by atoms with Crippen LogP contribution < -0.4 is 0 Å². The van der Waals surface area contributed by atoms with Gasteiger partial charge in [-0.1, -0.05) is 25.6 Å². The Hall–Kier alpha value is -0.550. The second-order valence-corrected chi connectivity index (χ2v) is 6.68. The first-order valence-corrected chi connectivity index (χ1v) is 6.45. The van der Waals surface area contributed by atoms with Crippen molar-refractivity contribution in [2.75, 3.05) is 0 Å². The third-order valence-electron chi connectivity index (χ3n) is 1.97. The van der Waals surface area contributed by atoms with Gasteiger partial charge >= 0.3 is 5.97 Å². The summed E-state index contributed by atoms with van der Waals surface area (Å²) in [6, 6.07) is 0. The maximum absolute atomic E-state index is 11.2. The van der Waals surface area contributed by atoms with Gasteiger partial charge < -0.3 is 5.11 Å². The van der Waals surface area contributed by atoms with Crippen LogP contribution in [0.5, 0.6) is 0 Å². The average molecular weight is 245 g/mol. The molecule has 84 valence electrons. The highest BCUT2D eigenvalue weighted by Crippen LogP contribution is 2.38. The molecule has 0 spiro atoms. The number of carboxylic acid groups (broad SMARTS) is 1. The van der Waals surface area contributed by atoms with Crippen LogP contribution in [0.25, 0.3) is 0 Å². The second-order valence-electron chi connectivity index (χ2n) is 4.03. The Bertz CT molecular complexity index is 324. The Morgan fingerprint density at radius 1 is 1.73 bits per heavy atom. The van der Waals surface area contributed by atoms with E-state index in [-0.39, 0.29) is 0 Å². The SMILES string of the molecule is CC(C)CC(C)(Sc1nccs1)C(=O)O. The van der Waals surface area contributed by atoms with Crippen molar-refractivity contribution in [3.63, 3.8) is 0 Å². The topological polar surface area (TPSA) is 50.2 Å². The Labute approximate surface area is 97.9 Å². The number of rotatable bonds is 5. The van der Waals surface area contributed by atoms with E-state index >= 15 is 0 Å². The lowest BCUT2D eigenvalue weighted by Gasteiger charge is -2.24. The summed E-state index contributed by atoms with van der Waals surface area (Å²) in [5.41, 5.74) is 0. The average Bonchev–Trinajstić information content (AvgIpc) is 2.54. The largest absolute Gasteiger partial charge is 0.480 e. The first kappa shape index (κ1) is 12.5. The van der Waals surface area contributed by atoms with E-state index in [1.165, 1.54) is 23.1 Å². The van der Waals surface area contributed by atoms with Gasteiger partial charge in [0.2, 0.25) is 0 Å². The summed E-state index contributed by atoms with van der Waals surface area (Å²) >= 11 is 2.82. The normalized spacial score (nSPS) is 15.2. The van der Waals surface area contributed by atoms with Crippen molar-refractivity contribution in [3.8, 4) is 0 Å². The Kier molecular flexibility index (Phi) is 4.16. The summed E-state index contributed by atoms with van der Waals surface area (Å²) in [6.45, 7) is 5.83. The third-order valence-corrected chi connectivity index (χ3v) is 4.15. The highest BCUT2D eigenvalue weighted by atomic mass is 32.2. The molecule has 0 aliphatic heterocycles. The molecular weight excluding hydrogens is 230 g/mol. The molecular formula is C10H15NO2S2. The van der Waals surface area contributed by atoms with Crippen molar-refractivity contribution in [1.82, 2.24) is 4.98 Å². The van der Waals surface area contributed by atoms with Gasteiger partial charge in [-0.25, -0.2) is 4.98 Å². The van der Waals surface area contributed by atoms with Crippen molar-refractivity contribution < 1.29 is 9.90 Å². The van der Waals surface area contributed by atoms with Gasteiger partial charge in [0.05, 0.1) is 0 Å². The van der Waals surface area contributed by atoms with Crippen LogP contribution in [0.2, 0.25) is 0 Å². The molecule has 0 amide bonds. The van der Waals surface area contributed by atoms with E-state index in [0.717, 1.165) is 4.34 Å². The summed E-state index contributed by atoms with van der Waals surface area (Å²) in [6.07, 6.45) is 2.34. The van der Waals surface area contributed by atoms with Crippen LogP contribution in [-0.4, -0.2) is 20.8 Å². The number of aromatic nitrogens is 1. The first-order valence-electron chi connectivity index (χ1n) is 4.76. The fourth-order valence-corrected chi connectivity index (χ4v) is 3.68. The summed E-state index contributed by atoms with van der Waals surface area (Å²) in [5, 5.41) is 11.1. The number of carboxylic acids is 1. The van der Waals surface area contributed by atoms with Gasteiger partial charge in [-0.2, -0.15) is 0 Å². The molecule has 1 N–H and O–H groups in total. The van der Waals surface area contributed by atoms with E-state index in [4.69, 9.17) is 0 Å². The fourth-order valence-electron chi connectivity index (χ4n) is 1.41. The fraction of sp³-hybridized carbons (Fsp3) is 0.600. The number of thioether (sulfide) groups is 1. The maximum Gasteiger partial charge on any atom is 0.319 e. The highest BCUT2D eigenvalue weighted by molar-refractivity contribution is 8.03. The molecule has 1 aromatic rings. The Morgan fingerprint density at radius 3 is 2.80 bits per heavy atom. The molecule has 1 unspecified atom stereocenters. The predicted molar refractivity (Wildman–Crippen MR) is 63.5 cm³/mol. The molecule has 0 fully saturated rings. The molecule has 15 heavy (non-hydrogen) atoms. The van der Waals surface area contributed by atoms with E-state index in [9.17, 15) is 9.90 Å². The number of hydrogen-bond donors (Lipinski definition) is 1. The maximum atomic E-state index is 11.2. The third kappa shape index (κ3) is 3.50. The molecule has 0 aliphatic rings. The van der Waals surface area contributed by atoms with Crippen LogP contribution in [0.3, 0.4) is 0 Å². The molecule has 1 atom stereocenters. The number of nitrogens with zero attached hydrogens (tertiary/aromatic N) is 1. The van der Waals surface area contributed by atoms with Gasteiger partial charge in [-0.3, -0.25) is 4.79 Å². The highest BCUT2D eigenvalue weighted by Gasteiger charge is 2.35. The van der Waals surface area contributed by atoms with Crippen molar-refractivity contribution >= 4 is 29.1 Å². The quantitative estimate of drug-likeness (QED) is 0.810.